The van der Waals surface area contributed by atoms with Crippen LogP contribution in [0.3, 0.4) is 0 Å². The smallest absolute Gasteiger partial charge is 0.267 e. The van der Waals surface area contributed by atoms with Crippen molar-refractivity contribution in [2.75, 3.05) is 5.43 Å². The fourth-order valence-corrected chi connectivity index (χ4v) is 4.38. The fraction of sp³-hybridized carbons (Fsp3) is 0.136. The van der Waals surface area contributed by atoms with Crippen molar-refractivity contribution in [3.05, 3.63) is 91.1 Å². The summed E-state index contributed by atoms with van der Waals surface area (Å²) < 4.78 is 97.6. The van der Waals surface area contributed by atoms with E-state index in [1.165, 1.54) is 18.5 Å². The summed E-state index contributed by atoms with van der Waals surface area (Å²) in [5.41, 5.74) is 0.472. The molecule has 0 aliphatic heterocycles. The molecule has 2 N–H and O–H groups in total. The lowest BCUT2D eigenvalue weighted by Crippen LogP contribution is -2.32. The Morgan fingerprint density at radius 1 is 1.00 bits per heavy atom. The highest BCUT2D eigenvalue weighted by atomic mass is 79.9. The van der Waals surface area contributed by atoms with E-state index in [1.807, 2.05) is 5.43 Å². The second-order valence-corrected chi connectivity index (χ2v) is 9.33. The number of carbonyl (C=O) groups is 1. The molecule has 0 spiro atoms. The minimum atomic E-state index is -5.14. The van der Waals surface area contributed by atoms with E-state index >= 15 is 0 Å². The summed E-state index contributed by atoms with van der Waals surface area (Å²) in [6, 6.07) is 5.16. The van der Waals surface area contributed by atoms with Gasteiger partial charge in [-0.25, -0.2) is 14.4 Å². The zero-order valence-corrected chi connectivity index (χ0v) is 21.8. The Morgan fingerprint density at radius 2 is 1.59 bits per heavy atom. The van der Waals surface area contributed by atoms with Crippen molar-refractivity contribution in [2.45, 2.75) is 18.3 Å². The number of anilines is 1. The molecule has 0 saturated heterocycles. The van der Waals surface area contributed by atoms with Crippen LogP contribution >= 0.6 is 43.5 Å². The molecule has 15 heteroatoms. The summed E-state index contributed by atoms with van der Waals surface area (Å²) in [6.45, 7) is 0. The number of hydrogen-bond donors (Lipinski definition) is 2. The first-order chi connectivity index (χ1) is 17.2. The average molecular weight is 677 g/mol. The number of nitrogens with one attached hydrogen (secondary N) is 2. The Kier molecular flexibility index (Phi) is 8.85. The minimum Gasteiger partial charge on any atom is -0.267 e. The van der Waals surface area contributed by atoms with E-state index in [1.54, 1.807) is 0 Å². The maximum atomic E-state index is 15.0. The second kappa shape index (κ2) is 11.4. The molecule has 0 radical (unpaired) electrons. The number of rotatable bonds is 6. The van der Waals surface area contributed by atoms with Crippen LogP contribution < -0.4 is 10.9 Å². The van der Waals surface area contributed by atoms with Gasteiger partial charge >= 0.3 is 12.4 Å². The van der Waals surface area contributed by atoms with Crippen LogP contribution in [0.5, 0.6) is 0 Å². The third-order valence-corrected chi connectivity index (χ3v) is 6.84. The van der Waals surface area contributed by atoms with Gasteiger partial charge in [-0.3, -0.25) is 15.6 Å². The molecule has 1 amide bonds. The number of amides is 1. The quantitative estimate of drug-likeness (QED) is 0.158. The number of nitrogens with zero attached hydrogens (tertiary/aromatic N) is 2. The fourth-order valence-electron chi connectivity index (χ4n) is 3.05. The Hall–Kier alpha value is -2.71. The summed E-state index contributed by atoms with van der Waals surface area (Å²) >= 11 is 11.9. The zero-order chi connectivity index (χ0) is 27.5. The Bertz CT molecular complexity index is 1310. The van der Waals surface area contributed by atoms with E-state index < -0.39 is 52.3 Å². The molecule has 3 aromatic rings. The van der Waals surface area contributed by atoms with Crippen LogP contribution in [0.4, 0.5) is 36.7 Å². The largest absolute Gasteiger partial charge is 0.417 e. The molecule has 1 unspecified atom stereocenters. The van der Waals surface area contributed by atoms with Gasteiger partial charge in [0.2, 0.25) is 5.95 Å². The number of halogens is 10. The van der Waals surface area contributed by atoms with Gasteiger partial charge in [0.1, 0.15) is 11.7 Å². The van der Waals surface area contributed by atoms with Crippen molar-refractivity contribution in [1.29, 1.82) is 0 Å². The molecule has 1 heterocycles. The number of aromatic nitrogens is 2. The molecule has 0 aliphatic rings. The van der Waals surface area contributed by atoms with Crippen LogP contribution in [-0.4, -0.2) is 22.1 Å². The standard InChI is InChI=1S/C22H12Br2ClF7N4O/c23-15-7-11(8-16(24)18(15)25)13(21(27,28)29)9-17(26)10-2-3-12(14(6-10)22(30,31)32)19(37)35-36-20-33-4-1-5-34-20/h1-9,13H,(H,35,37)(H,33,34,36). The lowest BCUT2D eigenvalue weighted by Gasteiger charge is -2.19. The summed E-state index contributed by atoms with van der Waals surface area (Å²) in [7, 11) is 0. The van der Waals surface area contributed by atoms with Crippen LogP contribution in [0.1, 0.15) is 33.0 Å². The van der Waals surface area contributed by atoms with Crippen molar-refractivity contribution in [1.82, 2.24) is 15.4 Å². The molecular weight excluding hydrogens is 665 g/mol. The minimum absolute atomic E-state index is 0.0751. The van der Waals surface area contributed by atoms with Gasteiger partial charge in [0.05, 0.1) is 16.1 Å². The number of alkyl halides is 6. The van der Waals surface area contributed by atoms with Crippen LogP contribution in [0.15, 0.2) is 63.8 Å². The zero-order valence-electron chi connectivity index (χ0n) is 17.9. The highest BCUT2D eigenvalue weighted by Gasteiger charge is 2.41. The predicted octanol–water partition coefficient (Wildman–Crippen LogP) is 8.09. The Balaban J connectivity index is 1.99. The van der Waals surface area contributed by atoms with Crippen molar-refractivity contribution >= 4 is 61.1 Å². The van der Waals surface area contributed by atoms with Crippen molar-refractivity contribution in [3.8, 4) is 0 Å². The molecule has 0 saturated carbocycles. The van der Waals surface area contributed by atoms with Gasteiger partial charge in [-0.1, -0.05) is 17.7 Å². The molecule has 5 nitrogen and oxygen atoms in total. The van der Waals surface area contributed by atoms with Crippen LogP contribution in [0.25, 0.3) is 5.83 Å². The lowest BCUT2D eigenvalue weighted by atomic mass is 9.95. The summed E-state index contributed by atoms with van der Waals surface area (Å²) in [5.74, 6) is -5.49. The maximum absolute atomic E-state index is 15.0. The molecule has 37 heavy (non-hydrogen) atoms. The topological polar surface area (TPSA) is 66.9 Å². The highest BCUT2D eigenvalue weighted by molar-refractivity contribution is 9.11. The normalized spacial score (nSPS) is 13.3. The molecule has 0 fully saturated rings. The van der Waals surface area contributed by atoms with Gasteiger partial charge in [-0.2, -0.15) is 26.3 Å². The van der Waals surface area contributed by atoms with Crippen molar-refractivity contribution < 1.29 is 35.5 Å². The first-order valence-electron chi connectivity index (χ1n) is 9.82. The van der Waals surface area contributed by atoms with Crippen LogP contribution in [0.2, 0.25) is 5.02 Å². The van der Waals surface area contributed by atoms with Gasteiger partial charge in [-0.15, -0.1) is 0 Å². The van der Waals surface area contributed by atoms with E-state index in [0.717, 1.165) is 18.2 Å². The van der Waals surface area contributed by atoms with Gasteiger partial charge in [0.15, 0.2) is 0 Å². The average Bonchev–Trinajstić information content (AvgIpc) is 2.83. The van der Waals surface area contributed by atoms with E-state index in [2.05, 4.69) is 47.3 Å². The summed E-state index contributed by atoms with van der Waals surface area (Å²) in [5, 5.41) is 0.0751. The van der Waals surface area contributed by atoms with E-state index in [0.29, 0.717) is 6.07 Å². The van der Waals surface area contributed by atoms with Crippen molar-refractivity contribution in [3.63, 3.8) is 0 Å². The van der Waals surface area contributed by atoms with E-state index in [9.17, 15) is 35.5 Å². The maximum Gasteiger partial charge on any atom is 0.417 e. The molecule has 3 rings (SSSR count). The van der Waals surface area contributed by atoms with Gasteiger partial charge in [0, 0.05) is 26.9 Å². The molecule has 196 valence electrons. The number of hydrogen-bond acceptors (Lipinski definition) is 4. The highest BCUT2D eigenvalue weighted by Crippen LogP contribution is 2.43. The first kappa shape index (κ1) is 28.9. The van der Waals surface area contributed by atoms with Gasteiger partial charge < -0.3 is 0 Å². The molecule has 1 atom stereocenters. The molecule has 0 bridgehead atoms. The summed E-state index contributed by atoms with van der Waals surface area (Å²) in [6.07, 6.45) is -7.38. The monoisotopic (exact) mass is 674 g/mol. The SMILES string of the molecule is O=C(NNc1ncccn1)c1ccc(C(F)=CC(c2cc(Br)c(Cl)c(Br)c2)C(F)(F)F)cc1C(F)(F)F. The van der Waals surface area contributed by atoms with Crippen LogP contribution in [0, 0.1) is 0 Å². The number of benzene rings is 2. The number of carbonyl (C=O) groups excluding carboxylic acids is 1. The Labute approximate surface area is 226 Å². The summed E-state index contributed by atoms with van der Waals surface area (Å²) in [4.78, 5) is 19.8. The van der Waals surface area contributed by atoms with Gasteiger partial charge in [-0.05, 0) is 73.8 Å². The van der Waals surface area contributed by atoms with E-state index in [-0.39, 0.29) is 32.1 Å². The molecule has 0 aliphatic carbocycles. The lowest BCUT2D eigenvalue weighted by molar-refractivity contribution is -0.140. The third kappa shape index (κ3) is 7.20. The molecular formula is C22H12Br2ClF7N4O. The third-order valence-electron chi connectivity index (χ3n) is 4.73. The van der Waals surface area contributed by atoms with E-state index in [4.69, 9.17) is 11.6 Å². The predicted molar refractivity (Wildman–Crippen MR) is 129 cm³/mol. The first-order valence-corrected chi connectivity index (χ1v) is 11.8. The van der Waals surface area contributed by atoms with Crippen molar-refractivity contribution in [2.24, 2.45) is 0 Å². The van der Waals surface area contributed by atoms with Gasteiger partial charge in [0.25, 0.3) is 5.91 Å². The molecule has 2 aromatic carbocycles. The van der Waals surface area contributed by atoms with Crippen LogP contribution in [-0.2, 0) is 6.18 Å². The number of allylic oxidation sites excluding steroid dienone is 1. The molecule has 1 aromatic heterocycles. The second-order valence-electron chi connectivity index (χ2n) is 7.24. The number of hydrazine groups is 1. The Morgan fingerprint density at radius 3 is 2.14 bits per heavy atom.